The van der Waals surface area contributed by atoms with Gasteiger partial charge in [-0.2, -0.15) is 0 Å². The molecule has 2 aromatic carbocycles. The first-order chi connectivity index (χ1) is 7.45. The molecule has 1 aliphatic rings. The molecule has 3 rings (SSSR count). The van der Waals surface area contributed by atoms with E-state index in [4.69, 9.17) is 0 Å². The van der Waals surface area contributed by atoms with Gasteiger partial charge in [0.25, 0.3) is 0 Å². The highest BCUT2D eigenvalue weighted by Gasteiger charge is 2.38. The lowest BCUT2D eigenvalue weighted by Gasteiger charge is -2.00. The number of hydrogen-bond donors (Lipinski definition) is 0. The molecule has 0 N–H and O–H groups in total. The lowest BCUT2D eigenvalue weighted by molar-refractivity contribution is 1.03. The van der Waals surface area contributed by atoms with Crippen LogP contribution in [-0.2, 0) is 0 Å². The number of rotatable bonds is 2. The maximum atomic E-state index is 2.24. The van der Waals surface area contributed by atoms with Gasteiger partial charge in [0.05, 0.1) is 0 Å². The van der Waals surface area contributed by atoms with E-state index in [0.717, 1.165) is 11.8 Å². The quantitative estimate of drug-likeness (QED) is 0.679. The summed E-state index contributed by atoms with van der Waals surface area (Å²) in [5.74, 6) is 1.52. The Labute approximate surface area is 90.6 Å². The average Bonchev–Trinajstić information content (AvgIpc) is 3.11. The predicted molar refractivity (Wildman–Crippen MR) is 63.0 cm³/mol. The molecule has 1 aliphatic carbocycles. The second-order valence-electron chi connectivity index (χ2n) is 4.27. The Balaban J connectivity index is 1.81. The summed E-state index contributed by atoms with van der Waals surface area (Å²) in [6, 6.07) is 21.7. The molecular weight excluding hydrogens is 180 g/mol. The Morgan fingerprint density at radius 2 is 1.00 bits per heavy atom. The summed E-state index contributed by atoms with van der Waals surface area (Å²) in [6.45, 7) is 0. The molecule has 0 aliphatic heterocycles. The monoisotopic (exact) mass is 194 g/mol. The second kappa shape index (κ2) is 3.54. The van der Waals surface area contributed by atoms with Gasteiger partial charge in [0.1, 0.15) is 0 Å². The zero-order valence-corrected chi connectivity index (χ0v) is 8.64. The maximum absolute atomic E-state index is 2.24. The van der Waals surface area contributed by atoms with Gasteiger partial charge < -0.3 is 0 Å². The molecule has 15 heavy (non-hydrogen) atoms. The van der Waals surface area contributed by atoms with Crippen LogP contribution < -0.4 is 0 Å². The highest BCUT2D eigenvalue weighted by molar-refractivity contribution is 5.35. The fourth-order valence-electron chi connectivity index (χ4n) is 2.33. The SMILES string of the molecule is c1ccc([C@@H]2C[C@H]2c2ccccc2)cc1. The third-order valence-corrected chi connectivity index (χ3v) is 3.25. The van der Waals surface area contributed by atoms with Crippen LogP contribution in [0.1, 0.15) is 29.4 Å². The van der Waals surface area contributed by atoms with Crippen molar-refractivity contribution in [2.24, 2.45) is 0 Å². The standard InChI is InChI=1S/C15H14/c1-3-7-12(8-4-1)14-11-15(14)13-9-5-2-6-10-13/h1-10,14-15H,11H2/t14-,15-/m0/s1. The Bertz CT molecular complexity index is 387. The first-order valence-corrected chi connectivity index (χ1v) is 5.55. The lowest BCUT2D eigenvalue weighted by Crippen LogP contribution is -1.82. The predicted octanol–water partition coefficient (Wildman–Crippen LogP) is 3.96. The lowest BCUT2D eigenvalue weighted by atomic mass is 10.0. The molecule has 0 heteroatoms. The molecule has 0 bridgehead atoms. The molecule has 2 aromatic rings. The van der Waals surface area contributed by atoms with Gasteiger partial charge in [0, 0.05) is 0 Å². The van der Waals surface area contributed by atoms with Crippen LogP contribution in [0.25, 0.3) is 0 Å². The summed E-state index contributed by atoms with van der Waals surface area (Å²) in [5.41, 5.74) is 2.98. The molecule has 0 spiro atoms. The van der Waals surface area contributed by atoms with E-state index in [2.05, 4.69) is 60.7 Å². The van der Waals surface area contributed by atoms with Crippen LogP contribution in [-0.4, -0.2) is 0 Å². The number of hydrogen-bond acceptors (Lipinski definition) is 0. The fourth-order valence-corrected chi connectivity index (χ4v) is 2.33. The van der Waals surface area contributed by atoms with Crippen LogP contribution in [0.15, 0.2) is 60.7 Å². The first kappa shape index (κ1) is 8.72. The van der Waals surface area contributed by atoms with Crippen molar-refractivity contribution in [3.63, 3.8) is 0 Å². The summed E-state index contributed by atoms with van der Waals surface area (Å²) < 4.78 is 0. The zero-order valence-electron chi connectivity index (χ0n) is 8.64. The van der Waals surface area contributed by atoms with E-state index in [1.54, 1.807) is 0 Å². The molecule has 2 atom stereocenters. The molecule has 0 saturated heterocycles. The van der Waals surface area contributed by atoms with Crippen molar-refractivity contribution < 1.29 is 0 Å². The summed E-state index contributed by atoms with van der Waals surface area (Å²) in [6.07, 6.45) is 1.31. The van der Waals surface area contributed by atoms with Crippen molar-refractivity contribution in [3.8, 4) is 0 Å². The van der Waals surface area contributed by atoms with Crippen molar-refractivity contribution in [1.29, 1.82) is 0 Å². The molecule has 0 aromatic heterocycles. The van der Waals surface area contributed by atoms with E-state index in [1.165, 1.54) is 17.5 Å². The molecule has 0 heterocycles. The maximum Gasteiger partial charge on any atom is -0.00868 e. The minimum Gasteiger partial charge on any atom is -0.0622 e. The van der Waals surface area contributed by atoms with E-state index in [1.807, 2.05) is 0 Å². The van der Waals surface area contributed by atoms with E-state index in [-0.39, 0.29) is 0 Å². The highest BCUT2D eigenvalue weighted by atomic mass is 14.4. The molecular formula is C15H14. The van der Waals surface area contributed by atoms with Crippen molar-refractivity contribution in [1.82, 2.24) is 0 Å². The van der Waals surface area contributed by atoms with Gasteiger partial charge >= 0.3 is 0 Å². The average molecular weight is 194 g/mol. The first-order valence-electron chi connectivity index (χ1n) is 5.55. The van der Waals surface area contributed by atoms with Crippen molar-refractivity contribution in [2.45, 2.75) is 18.3 Å². The number of benzene rings is 2. The van der Waals surface area contributed by atoms with Crippen molar-refractivity contribution >= 4 is 0 Å². The van der Waals surface area contributed by atoms with Gasteiger partial charge in [-0.25, -0.2) is 0 Å². The van der Waals surface area contributed by atoms with Gasteiger partial charge in [-0.15, -0.1) is 0 Å². The third kappa shape index (κ3) is 1.68. The summed E-state index contributed by atoms with van der Waals surface area (Å²) in [4.78, 5) is 0. The van der Waals surface area contributed by atoms with Gasteiger partial charge in [-0.1, -0.05) is 60.7 Å². The zero-order chi connectivity index (χ0) is 10.1. The Morgan fingerprint density at radius 3 is 1.40 bits per heavy atom. The highest BCUT2D eigenvalue weighted by Crippen LogP contribution is 2.54. The van der Waals surface area contributed by atoms with Gasteiger partial charge in [-0.05, 0) is 29.4 Å². The Hall–Kier alpha value is -1.56. The Morgan fingerprint density at radius 1 is 0.600 bits per heavy atom. The molecule has 0 unspecified atom stereocenters. The van der Waals surface area contributed by atoms with Gasteiger partial charge in [0.15, 0.2) is 0 Å². The molecule has 74 valence electrons. The van der Waals surface area contributed by atoms with Crippen LogP contribution in [0.2, 0.25) is 0 Å². The second-order valence-corrected chi connectivity index (χ2v) is 4.27. The van der Waals surface area contributed by atoms with Crippen LogP contribution in [0, 0.1) is 0 Å². The van der Waals surface area contributed by atoms with Crippen LogP contribution in [0.3, 0.4) is 0 Å². The molecule has 0 amide bonds. The van der Waals surface area contributed by atoms with Crippen molar-refractivity contribution in [3.05, 3.63) is 71.8 Å². The van der Waals surface area contributed by atoms with E-state index in [0.29, 0.717) is 0 Å². The molecule has 0 nitrogen and oxygen atoms in total. The summed E-state index contributed by atoms with van der Waals surface area (Å²) in [5, 5.41) is 0. The topological polar surface area (TPSA) is 0 Å². The van der Waals surface area contributed by atoms with E-state index in [9.17, 15) is 0 Å². The van der Waals surface area contributed by atoms with Crippen molar-refractivity contribution in [2.75, 3.05) is 0 Å². The molecule has 1 fully saturated rings. The largest absolute Gasteiger partial charge is 0.0622 e. The smallest absolute Gasteiger partial charge is 0.00868 e. The van der Waals surface area contributed by atoms with Gasteiger partial charge in [-0.3, -0.25) is 0 Å². The van der Waals surface area contributed by atoms with E-state index < -0.39 is 0 Å². The minimum atomic E-state index is 0.758. The Kier molecular flexibility index (Phi) is 2.06. The van der Waals surface area contributed by atoms with Crippen LogP contribution >= 0.6 is 0 Å². The van der Waals surface area contributed by atoms with E-state index >= 15 is 0 Å². The minimum absolute atomic E-state index is 0.758. The van der Waals surface area contributed by atoms with Gasteiger partial charge in [0.2, 0.25) is 0 Å². The molecule has 0 radical (unpaired) electrons. The summed E-state index contributed by atoms with van der Waals surface area (Å²) in [7, 11) is 0. The summed E-state index contributed by atoms with van der Waals surface area (Å²) >= 11 is 0. The fraction of sp³-hybridized carbons (Fsp3) is 0.200. The van der Waals surface area contributed by atoms with Crippen LogP contribution in [0.4, 0.5) is 0 Å². The van der Waals surface area contributed by atoms with Crippen LogP contribution in [0.5, 0.6) is 0 Å². The normalized spacial score (nSPS) is 23.7. The molecule has 1 saturated carbocycles. The third-order valence-electron chi connectivity index (χ3n) is 3.25.